The monoisotopic (exact) mass is 477 g/mol. The molecule has 0 saturated heterocycles. The molecule has 1 amide bonds. The lowest BCUT2D eigenvalue weighted by molar-refractivity contribution is -0.148. The van der Waals surface area contributed by atoms with Gasteiger partial charge in [0.05, 0.1) is 0 Å². The maximum atomic E-state index is 12.0. The Labute approximate surface area is 203 Å². The van der Waals surface area contributed by atoms with Crippen molar-refractivity contribution in [1.82, 2.24) is 5.32 Å². The molecule has 182 valence electrons. The number of nitrogens with one attached hydrogen (secondary N) is 1. The number of carboxylic acids is 1. The standard InChI is InChI=1S/C27H27NO7/c1-19(29)33-18-26(30)28-23(27(31)32)14-22-12-13-24(34-16-20-8-4-2-5-9-20)25(15-22)35-17-21-10-6-3-7-11-21/h2-13,15,23H,14,16-18H2,1H3,(H,28,30)(H,31,32)/t23-/m1/s1. The third kappa shape index (κ3) is 8.51. The van der Waals surface area contributed by atoms with E-state index in [0.29, 0.717) is 30.3 Å². The molecule has 1 atom stereocenters. The van der Waals surface area contributed by atoms with Crippen LogP contribution in [0.4, 0.5) is 0 Å². The van der Waals surface area contributed by atoms with E-state index in [9.17, 15) is 19.5 Å². The molecule has 0 saturated carbocycles. The molecule has 0 aliphatic rings. The number of hydrogen-bond acceptors (Lipinski definition) is 6. The first-order chi connectivity index (χ1) is 16.9. The molecule has 0 aromatic heterocycles. The van der Waals surface area contributed by atoms with Crippen LogP contribution in [0, 0.1) is 0 Å². The number of amides is 1. The Morgan fingerprint density at radius 2 is 1.37 bits per heavy atom. The molecule has 3 aromatic rings. The van der Waals surface area contributed by atoms with E-state index < -0.39 is 30.5 Å². The lowest BCUT2D eigenvalue weighted by Gasteiger charge is -2.17. The number of carbonyl (C=O) groups is 3. The maximum Gasteiger partial charge on any atom is 0.326 e. The quantitative estimate of drug-likeness (QED) is 0.384. The van der Waals surface area contributed by atoms with E-state index in [1.807, 2.05) is 60.7 Å². The van der Waals surface area contributed by atoms with Crippen molar-refractivity contribution in [3.05, 3.63) is 95.6 Å². The van der Waals surface area contributed by atoms with Gasteiger partial charge in [-0.15, -0.1) is 0 Å². The molecule has 2 N–H and O–H groups in total. The molecule has 8 heteroatoms. The second-order valence-electron chi connectivity index (χ2n) is 7.77. The average molecular weight is 478 g/mol. The molecule has 3 rings (SSSR count). The summed E-state index contributed by atoms with van der Waals surface area (Å²) >= 11 is 0. The summed E-state index contributed by atoms with van der Waals surface area (Å²) in [6.07, 6.45) is 0.00179. The van der Waals surface area contributed by atoms with Crippen molar-refractivity contribution in [2.75, 3.05) is 6.61 Å². The van der Waals surface area contributed by atoms with Gasteiger partial charge in [0, 0.05) is 13.3 Å². The normalized spacial score (nSPS) is 11.2. The fourth-order valence-corrected chi connectivity index (χ4v) is 3.22. The van der Waals surface area contributed by atoms with Gasteiger partial charge in [-0.05, 0) is 28.8 Å². The Morgan fingerprint density at radius 3 is 1.91 bits per heavy atom. The van der Waals surface area contributed by atoms with Crippen LogP contribution in [-0.2, 0) is 38.8 Å². The summed E-state index contributed by atoms with van der Waals surface area (Å²) in [7, 11) is 0. The van der Waals surface area contributed by atoms with Gasteiger partial charge in [0.25, 0.3) is 5.91 Å². The van der Waals surface area contributed by atoms with Crippen molar-refractivity contribution in [1.29, 1.82) is 0 Å². The first-order valence-corrected chi connectivity index (χ1v) is 11.0. The highest BCUT2D eigenvalue weighted by Gasteiger charge is 2.22. The predicted octanol–water partition coefficient (Wildman–Crippen LogP) is 3.52. The van der Waals surface area contributed by atoms with Crippen LogP contribution in [0.25, 0.3) is 0 Å². The smallest absolute Gasteiger partial charge is 0.326 e. The summed E-state index contributed by atoms with van der Waals surface area (Å²) < 4.78 is 16.6. The van der Waals surface area contributed by atoms with E-state index in [0.717, 1.165) is 11.1 Å². The summed E-state index contributed by atoms with van der Waals surface area (Å²) in [5, 5.41) is 11.9. The van der Waals surface area contributed by atoms with E-state index >= 15 is 0 Å². The zero-order chi connectivity index (χ0) is 25.0. The highest BCUT2D eigenvalue weighted by Crippen LogP contribution is 2.30. The van der Waals surface area contributed by atoms with Crippen LogP contribution < -0.4 is 14.8 Å². The van der Waals surface area contributed by atoms with Crippen LogP contribution in [0.2, 0.25) is 0 Å². The Morgan fingerprint density at radius 1 is 0.800 bits per heavy atom. The highest BCUT2D eigenvalue weighted by molar-refractivity contribution is 5.85. The van der Waals surface area contributed by atoms with Gasteiger partial charge in [-0.1, -0.05) is 66.7 Å². The zero-order valence-electron chi connectivity index (χ0n) is 19.3. The topological polar surface area (TPSA) is 111 Å². The largest absolute Gasteiger partial charge is 0.485 e. The van der Waals surface area contributed by atoms with Crippen LogP contribution in [-0.4, -0.2) is 35.6 Å². The van der Waals surface area contributed by atoms with Gasteiger partial charge in [-0.25, -0.2) is 4.79 Å². The lowest BCUT2D eigenvalue weighted by atomic mass is 10.1. The average Bonchev–Trinajstić information content (AvgIpc) is 2.86. The molecule has 35 heavy (non-hydrogen) atoms. The van der Waals surface area contributed by atoms with Crippen LogP contribution in [0.3, 0.4) is 0 Å². The second kappa shape index (κ2) is 12.8. The van der Waals surface area contributed by atoms with Gasteiger partial charge in [0.1, 0.15) is 19.3 Å². The van der Waals surface area contributed by atoms with Crippen molar-refractivity contribution < 1.29 is 33.7 Å². The summed E-state index contributed by atoms with van der Waals surface area (Å²) in [6.45, 7) is 1.26. The fraction of sp³-hybridized carbons (Fsp3) is 0.222. The number of rotatable bonds is 12. The van der Waals surface area contributed by atoms with Crippen molar-refractivity contribution in [3.8, 4) is 11.5 Å². The summed E-state index contributed by atoms with van der Waals surface area (Å²) in [6, 6.07) is 23.2. The molecule has 0 bridgehead atoms. The fourth-order valence-electron chi connectivity index (χ4n) is 3.22. The number of esters is 1. The molecule has 3 aromatic carbocycles. The van der Waals surface area contributed by atoms with Crippen molar-refractivity contribution in [3.63, 3.8) is 0 Å². The number of hydrogen-bond donors (Lipinski definition) is 2. The van der Waals surface area contributed by atoms with Crippen LogP contribution in [0.15, 0.2) is 78.9 Å². The molecular formula is C27H27NO7. The SMILES string of the molecule is CC(=O)OCC(=O)N[C@H](Cc1ccc(OCc2ccccc2)c(OCc2ccccc2)c1)C(=O)O. The van der Waals surface area contributed by atoms with E-state index in [-0.39, 0.29) is 6.42 Å². The summed E-state index contributed by atoms with van der Waals surface area (Å²) in [4.78, 5) is 34.6. The van der Waals surface area contributed by atoms with Gasteiger partial charge < -0.3 is 24.6 Å². The number of aliphatic carboxylic acids is 1. The van der Waals surface area contributed by atoms with E-state index in [1.165, 1.54) is 6.92 Å². The van der Waals surface area contributed by atoms with Gasteiger partial charge in [0.15, 0.2) is 18.1 Å². The van der Waals surface area contributed by atoms with E-state index in [1.54, 1.807) is 18.2 Å². The lowest BCUT2D eigenvalue weighted by Crippen LogP contribution is -2.44. The third-order valence-corrected chi connectivity index (χ3v) is 4.96. The molecule has 8 nitrogen and oxygen atoms in total. The van der Waals surface area contributed by atoms with Crippen molar-refractivity contribution in [2.45, 2.75) is 32.6 Å². The minimum absolute atomic E-state index is 0.00179. The molecule has 0 aliphatic carbocycles. The van der Waals surface area contributed by atoms with Crippen LogP contribution in [0.5, 0.6) is 11.5 Å². The minimum Gasteiger partial charge on any atom is -0.485 e. The minimum atomic E-state index is -1.21. The van der Waals surface area contributed by atoms with E-state index in [4.69, 9.17) is 9.47 Å². The number of benzene rings is 3. The van der Waals surface area contributed by atoms with Crippen molar-refractivity contribution >= 4 is 17.8 Å². The molecule has 0 heterocycles. The van der Waals surface area contributed by atoms with E-state index in [2.05, 4.69) is 10.1 Å². The molecule has 0 aliphatic heterocycles. The predicted molar refractivity (Wildman–Crippen MR) is 128 cm³/mol. The Kier molecular flexibility index (Phi) is 9.24. The molecular weight excluding hydrogens is 450 g/mol. The molecule has 0 fully saturated rings. The number of carboxylic acid groups (broad SMARTS) is 1. The molecule has 0 spiro atoms. The Bertz CT molecular complexity index is 1130. The summed E-state index contributed by atoms with van der Waals surface area (Å²) in [5.74, 6) is -1.57. The highest BCUT2D eigenvalue weighted by atomic mass is 16.5. The Balaban J connectivity index is 1.75. The molecule has 0 unspecified atom stereocenters. The second-order valence-corrected chi connectivity index (χ2v) is 7.77. The third-order valence-electron chi connectivity index (χ3n) is 4.96. The molecule has 0 radical (unpaired) electrons. The number of carbonyl (C=O) groups excluding carboxylic acids is 2. The van der Waals surface area contributed by atoms with Crippen LogP contribution in [0.1, 0.15) is 23.6 Å². The van der Waals surface area contributed by atoms with Gasteiger partial charge in [-0.3, -0.25) is 9.59 Å². The zero-order valence-corrected chi connectivity index (χ0v) is 19.3. The van der Waals surface area contributed by atoms with Gasteiger partial charge >= 0.3 is 11.9 Å². The Hall–Kier alpha value is -4.33. The van der Waals surface area contributed by atoms with Crippen LogP contribution >= 0.6 is 0 Å². The first-order valence-electron chi connectivity index (χ1n) is 11.0. The van der Waals surface area contributed by atoms with Gasteiger partial charge in [0.2, 0.25) is 0 Å². The van der Waals surface area contributed by atoms with Crippen molar-refractivity contribution in [2.24, 2.45) is 0 Å². The van der Waals surface area contributed by atoms with Gasteiger partial charge in [-0.2, -0.15) is 0 Å². The number of ether oxygens (including phenoxy) is 3. The maximum absolute atomic E-state index is 12.0. The summed E-state index contributed by atoms with van der Waals surface area (Å²) in [5.41, 5.74) is 2.58. The first kappa shape index (κ1) is 25.3.